The fourth-order valence-corrected chi connectivity index (χ4v) is 6.25. The molecule has 0 bridgehead atoms. The van der Waals surface area contributed by atoms with E-state index in [4.69, 9.17) is 29.4 Å². The summed E-state index contributed by atoms with van der Waals surface area (Å²) in [4.78, 5) is 19.0. The van der Waals surface area contributed by atoms with Crippen LogP contribution in [0.3, 0.4) is 0 Å². The van der Waals surface area contributed by atoms with Crippen LogP contribution in [0.25, 0.3) is 44.1 Å². The van der Waals surface area contributed by atoms with Gasteiger partial charge in [0.1, 0.15) is 23.3 Å². The van der Waals surface area contributed by atoms with Crippen molar-refractivity contribution in [1.82, 2.24) is 38.2 Å². The van der Waals surface area contributed by atoms with Crippen molar-refractivity contribution in [2.24, 2.45) is 28.2 Å². The number of hydrogen-bond donors (Lipinski definition) is 0. The first-order chi connectivity index (χ1) is 25.2. The Bertz CT molecular complexity index is 2070. The molecule has 0 aliphatic carbocycles. The number of aromatic nitrogens is 8. The Hall–Kier alpha value is -2.41. The number of imidazole rings is 4. The molecule has 8 rings (SSSR count). The molecule has 53 heavy (non-hydrogen) atoms. The Morgan fingerprint density at radius 2 is 0.623 bits per heavy atom. The molecular formula is C37H40Br4N8Ni2O2. The summed E-state index contributed by atoms with van der Waals surface area (Å²) in [6.45, 7) is 0. The number of aryl methyl sites for hydroxylation is 4. The molecule has 0 atom stereocenters. The Labute approximate surface area is 349 Å². The average molecular weight is 1070 g/mol. The summed E-state index contributed by atoms with van der Waals surface area (Å²) in [6, 6.07) is 32.4. The van der Waals surface area contributed by atoms with Gasteiger partial charge in [-0.1, -0.05) is 56.0 Å². The second-order valence-corrected chi connectivity index (χ2v) is 21.4. The summed E-state index contributed by atoms with van der Waals surface area (Å²) in [5.74, 6) is 3.42. The molecule has 0 saturated carbocycles. The van der Waals surface area contributed by atoms with Gasteiger partial charge in [-0.15, -0.1) is 0 Å². The first kappa shape index (κ1) is 43.3. The van der Waals surface area contributed by atoms with E-state index < -0.39 is 0 Å². The monoisotopic (exact) mass is 1060 g/mol. The van der Waals surface area contributed by atoms with Crippen molar-refractivity contribution in [3.63, 3.8) is 0 Å². The Morgan fingerprint density at radius 3 is 0.792 bits per heavy atom. The van der Waals surface area contributed by atoms with E-state index in [9.17, 15) is 0 Å². The molecule has 4 aromatic carbocycles. The predicted molar refractivity (Wildman–Crippen MR) is 223 cm³/mol. The van der Waals surface area contributed by atoms with Crippen LogP contribution < -0.4 is 0 Å². The van der Waals surface area contributed by atoms with Crippen LogP contribution >= 0.6 is 56.9 Å². The maximum absolute atomic E-state index is 5.78. The minimum atomic E-state index is -0.315. The third-order valence-electron chi connectivity index (χ3n) is 8.70. The van der Waals surface area contributed by atoms with E-state index in [0.29, 0.717) is 0 Å². The van der Waals surface area contributed by atoms with Gasteiger partial charge in [0.2, 0.25) is 0 Å². The van der Waals surface area contributed by atoms with Gasteiger partial charge >= 0.3 is 78.7 Å². The molecule has 0 saturated heterocycles. The van der Waals surface area contributed by atoms with Gasteiger partial charge in [0, 0.05) is 42.4 Å². The van der Waals surface area contributed by atoms with Crippen LogP contribution in [-0.4, -0.2) is 52.4 Å². The molecule has 0 spiro atoms. The van der Waals surface area contributed by atoms with E-state index in [1.54, 1.807) is 14.2 Å². The number of methoxy groups -OCH3 is 2. The molecule has 16 heteroatoms. The second kappa shape index (κ2) is 20.5. The SMILES string of the molecule is C.COC(c1nc2ccccc2n1C)c1nc2ccccc2n1C.COC(c1nc2ccccc2n1C)c1nc2ccccc2n1C.[Br][Ni][Br].[Br][Ni][Br]. The number of benzene rings is 4. The summed E-state index contributed by atoms with van der Waals surface area (Å²) in [6.07, 6.45) is -0.630. The first-order valence-electron chi connectivity index (χ1n) is 15.6. The number of hydrogen-bond acceptors (Lipinski definition) is 6. The molecule has 0 amide bonds. The number of para-hydroxylation sites is 8. The van der Waals surface area contributed by atoms with Crippen molar-refractivity contribution >= 4 is 101 Å². The van der Waals surface area contributed by atoms with Crippen LogP contribution in [0.4, 0.5) is 0 Å². The number of nitrogens with zero attached hydrogens (tertiary/aromatic N) is 8. The van der Waals surface area contributed by atoms with Gasteiger partial charge in [-0.3, -0.25) is 0 Å². The van der Waals surface area contributed by atoms with Crippen molar-refractivity contribution in [2.45, 2.75) is 19.6 Å². The van der Waals surface area contributed by atoms with Gasteiger partial charge in [-0.2, -0.15) is 0 Å². The fourth-order valence-electron chi connectivity index (χ4n) is 6.25. The van der Waals surface area contributed by atoms with E-state index in [0.717, 1.165) is 67.4 Å². The van der Waals surface area contributed by atoms with Crippen molar-refractivity contribution < 1.29 is 31.3 Å². The summed E-state index contributed by atoms with van der Waals surface area (Å²) < 4.78 is 19.8. The zero-order chi connectivity index (χ0) is 37.4. The van der Waals surface area contributed by atoms with Crippen LogP contribution in [0, 0.1) is 0 Å². The molecule has 0 N–H and O–H groups in total. The molecule has 0 unspecified atom stereocenters. The van der Waals surface area contributed by atoms with Crippen molar-refractivity contribution in [3.05, 3.63) is 120 Å². The molecule has 10 nitrogen and oxygen atoms in total. The van der Waals surface area contributed by atoms with Gasteiger partial charge in [0.15, 0.2) is 12.2 Å². The van der Waals surface area contributed by atoms with Crippen LogP contribution in [0.5, 0.6) is 0 Å². The van der Waals surface area contributed by atoms with Gasteiger partial charge in [-0.05, 0) is 48.5 Å². The van der Waals surface area contributed by atoms with E-state index in [1.165, 1.54) is 21.8 Å². The van der Waals surface area contributed by atoms with Crippen LogP contribution in [0.2, 0.25) is 0 Å². The summed E-state index contributed by atoms with van der Waals surface area (Å²) in [5.41, 5.74) is 8.20. The second-order valence-electron chi connectivity index (χ2n) is 11.4. The van der Waals surface area contributed by atoms with Gasteiger partial charge < -0.3 is 27.7 Å². The van der Waals surface area contributed by atoms with E-state index >= 15 is 0 Å². The average Bonchev–Trinajstić information content (AvgIpc) is 3.89. The molecule has 288 valence electrons. The first-order valence-corrected chi connectivity index (χ1v) is 25.4. The number of rotatable bonds is 6. The van der Waals surface area contributed by atoms with E-state index in [2.05, 4.69) is 99.4 Å². The van der Waals surface area contributed by atoms with Crippen molar-refractivity contribution in [3.8, 4) is 0 Å². The third-order valence-corrected chi connectivity index (χ3v) is 8.70. The Kier molecular flexibility index (Phi) is 16.7. The van der Waals surface area contributed by atoms with Gasteiger partial charge in [-0.25, -0.2) is 19.9 Å². The molecule has 0 aliphatic rings. The van der Waals surface area contributed by atoms with E-state index in [-0.39, 0.29) is 19.6 Å². The normalized spacial score (nSPS) is 11.1. The molecular weight excluding hydrogens is 1030 g/mol. The standard InChI is InChI=1S/2C18H18N4O.CH4.4BrH.2Ni/c2*1-21-14-10-6-4-8-12(14)19-17(21)16(23-3)18-20-13-9-5-7-11-15(13)22(18)2;;;;;;;/h2*4-11,16H,1-3H3;1H4;4*1H;;/q;;;;;;;2*+2/p-4. The topological polar surface area (TPSA) is 89.7 Å². The predicted octanol–water partition coefficient (Wildman–Crippen LogP) is 10.4. The maximum atomic E-state index is 5.78. The van der Waals surface area contributed by atoms with Gasteiger partial charge in [0.05, 0.1) is 44.1 Å². The zero-order valence-electron chi connectivity index (χ0n) is 28.9. The van der Waals surface area contributed by atoms with Crippen LogP contribution in [0.15, 0.2) is 97.1 Å². The molecule has 0 aliphatic heterocycles. The molecule has 0 radical (unpaired) electrons. The minimum absolute atomic E-state index is 0. The van der Waals surface area contributed by atoms with Crippen molar-refractivity contribution in [2.75, 3.05) is 14.2 Å². The Balaban J connectivity index is 0.000000203. The number of ether oxygens (including phenoxy) is 2. The zero-order valence-corrected chi connectivity index (χ0v) is 37.3. The molecule has 0 fully saturated rings. The van der Waals surface area contributed by atoms with Crippen LogP contribution in [-0.2, 0) is 59.5 Å². The quantitative estimate of drug-likeness (QED) is 0.154. The number of fused-ring (bicyclic) bond motifs is 4. The molecule has 4 aromatic heterocycles. The fraction of sp³-hybridized carbons (Fsp3) is 0.243. The summed E-state index contributed by atoms with van der Waals surface area (Å²) in [7, 11) is 13.9. The molecule has 8 aromatic rings. The third kappa shape index (κ3) is 9.35. The Morgan fingerprint density at radius 1 is 0.434 bits per heavy atom. The number of halogens is 4. The van der Waals surface area contributed by atoms with Crippen molar-refractivity contribution in [1.29, 1.82) is 0 Å². The van der Waals surface area contributed by atoms with Gasteiger partial charge in [0.25, 0.3) is 0 Å². The molecule has 4 heterocycles. The van der Waals surface area contributed by atoms with Crippen LogP contribution in [0.1, 0.15) is 42.9 Å². The summed E-state index contributed by atoms with van der Waals surface area (Å²) >= 11 is 12.0. The van der Waals surface area contributed by atoms with E-state index in [1.807, 2.05) is 101 Å². The summed E-state index contributed by atoms with van der Waals surface area (Å²) in [5, 5.41) is 0.